The standard InChI is InChI=1S/C10H14ClN3/c1-2-8-6-14(7-9(8)11)10-4-3-5-12-13-10/h3-5,8-9H,2,6-7H2,1H3. The maximum atomic E-state index is 6.23. The zero-order valence-corrected chi connectivity index (χ0v) is 8.98. The molecule has 3 nitrogen and oxygen atoms in total. The lowest BCUT2D eigenvalue weighted by molar-refractivity contribution is 0.574. The summed E-state index contributed by atoms with van der Waals surface area (Å²) >= 11 is 6.23. The molecule has 14 heavy (non-hydrogen) atoms. The van der Waals surface area contributed by atoms with Crippen molar-refractivity contribution in [1.82, 2.24) is 10.2 Å². The summed E-state index contributed by atoms with van der Waals surface area (Å²) in [5.41, 5.74) is 0. The number of nitrogens with zero attached hydrogens (tertiary/aromatic N) is 3. The molecule has 0 bridgehead atoms. The van der Waals surface area contributed by atoms with Crippen molar-refractivity contribution in [3.05, 3.63) is 18.3 Å². The summed E-state index contributed by atoms with van der Waals surface area (Å²) in [5.74, 6) is 1.52. The maximum Gasteiger partial charge on any atom is 0.151 e. The van der Waals surface area contributed by atoms with E-state index in [1.165, 1.54) is 0 Å². The maximum absolute atomic E-state index is 6.23. The summed E-state index contributed by atoms with van der Waals surface area (Å²) in [4.78, 5) is 2.21. The molecule has 1 aromatic rings. The van der Waals surface area contributed by atoms with Gasteiger partial charge in [-0.2, -0.15) is 5.10 Å². The molecular formula is C10H14ClN3. The van der Waals surface area contributed by atoms with Gasteiger partial charge in [-0.15, -0.1) is 16.7 Å². The van der Waals surface area contributed by atoms with Gasteiger partial charge in [-0.1, -0.05) is 13.3 Å². The van der Waals surface area contributed by atoms with Crippen molar-refractivity contribution >= 4 is 17.4 Å². The van der Waals surface area contributed by atoms with Crippen LogP contribution < -0.4 is 4.90 Å². The highest BCUT2D eigenvalue weighted by Crippen LogP contribution is 2.27. The van der Waals surface area contributed by atoms with E-state index in [1.54, 1.807) is 6.20 Å². The van der Waals surface area contributed by atoms with E-state index in [0.29, 0.717) is 5.92 Å². The van der Waals surface area contributed by atoms with E-state index in [1.807, 2.05) is 12.1 Å². The number of alkyl halides is 1. The van der Waals surface area contributed by atoms with E-state index in [0.717, 1.165) is 25.3 Å². The largest absolute Gasteiger partial charge is 0.353 e. The van der Waals surface area contributed by atoms with Crippen LogP contribution >= 0.6 is 11.6 Å². The number of hydrogen-bond donors (Lipinski definition) is 0. The highest BCUT2D eigenvalue weighted by Gasteiger charge is 2.30. The third-order valence-corrected chi connectivity index (χ3v) is 3.26. The van der Waals surface area contributed by atoms with Crippen LogP contribution in [0.15, 0.2) is 18.3 Å². The Morgan fingerprint density at radius 3 is 3.00 bits per heavy atom. The fraction of sp³-hybridized carbons (Fsp3) is 0.600. The predicted molar refractivity (Wildman–Crippen MR) is 57.7 cm³/mol. The van der Waals surface area contributed by atoms with Gasteiger partial charge in [0, 0.05) is 19.3 Å². The Labute approximate surface area is 89.1 Å². The molecule has 2 rings (SSSR count). The van der Waals surface area contributed by atoms with E-state index in [-0.39, 0.29) is 5.38 Å². The summed E-state index contributed by atoms with van der Waals surface area (Å²) in [6.45, 7) is 4.07. The van der Waals surface area contributed by atoms with Gasteiger partial charge >= 0.3 is 0 Å². The highest BCUT2D eigenvalue weighted by atomic mass is 35.5. The minimum Gasteiger partial charge on any atom is -0.353 e. The van der Waals surface area contributed by atoms with Crippen LogP contribution in [0.2, 0.25) is 0 Å². The van der Waals surface area contributed by atoms with Crippen molar-refractivity contribution in [2.75, 3.05) is 18.0 Å². The average molecular weight is 212 g/mol. The van der Waals surface area contributed by atoms with Gasteiger partial charge in [0.2, 0.25) is 0 Å². The zero-order valence-electron chi connectivity index (χ0n) is 8.23. The zero-order chi connectivity index (χ0) is 9.97. The Morgan fingerprint density at radius 2 is 2.43 bits per heavy atom. The summed E-state index contributed by atoms with van der Waals surface area (Å²) < 4.78 is 0. The fourth-order valence-electron chi connectivity index (χ4n) is 1.87. The summed E-state index contributed by atoms with van der Waals surface area (Å²) in [6.07, 6.45) is 2.82. The molecule has 0 spiro atoms. The van der Waals surface area contributed by atoms with Gasteiger partial charge in [0.25, 0.3) is 0 Å². The molecule has 0 aliphatic carbocycles. The second-order valence-electron chi connectivity index (χ2n) is 3.67. The van der Waals surface area contributed by atoms with E-state index in [2.05, 4.69) is 22.0 Å². The van der Waals surface area contributed by atoms with Crippen LogP contribution in [0, 0.1) is 5.92 Å². The normalized spacial score (nSPS) is 26.9. The molecule has 0 saturated carbocycles. The van der Waals surface area contributed by atoms with Crippen molar-refractivity contribution in [3.8, 4) is 0 Å². The average Bonchev–Trinajstić information content (AvgIpc) is 2.61. The van der Waals surface area contributed by atoms with Crippen molar-refractivity contribution in [2.45, 2.75) is 18.7 Å². The topological polar surface area (TPSA) is 29.0 Å². The first-order valence-electron chi connectivity index (χ1n) is 4.98. The summed E-state index contributed by atoms with van der Waals surface area (Å²) in [5, 5.41) is 8.20. The van der Waals surface area contributed by atoms with Gasteiger partial charge in [0.15, 0.2) is 5.82 Å². The Hall–Kier alpha value is -0.830. The van der Waals surface area contributed by atoms with Crippen molar-refractivity contribution in [1.29, 1.82) is 0 Å². The molecule has 1 aliphatic heterocycles. The number of aromatic nitrogens is 2. The van der Waals surface area contributed by atoms with E-state index in [9.17, 15) is 0 Å². The van der Waals surface area contributed by atoms with Crippen LogP contribution in [-0.2, 0) is 0 Å². The number of rotatable bonds is 2. The van der Waals surface area contributed by atoms with Gasteiger partial charge < -0.3 is 4.90 Å². The predicted octanol–water partition coefficient (Wildman–Crippen LogP) is 1.93. The van der Waals surface area contributed by atoms with Crippen molar-refractivity contribution < 1.29 is 0 Å². The first kappa shape index (κ1) is 9.71. The quantitative estimate of drug-likeness (QED) is 0.700. The second-order valence-corrected chi connectivity index (χ2v) is 4.23. The number of halogens is 1. The summed E-state index contributed by atoms with van der Waals surface area (Å²) in [7, 11) is 0. The monoisotopic (exact) mass is 211 g/mol. The molecule has 76 valence electrons. The first-order chi connectivity index (χ1) is 6.81. The Bertz CT molecular complexity index is 291. The molecule has 2 atom stereocenters. The van der Waals surface area contributed by atoms with Crippen LogP contribution in [0.25, 0.3) is 0 Å². The molecule has 4 heteroatoms. The molecule has 2 unspecified atom stereocenters. The molecule has 0 N–H and O–H groups in total. The Kier molecular flexibility index (Phi) is 2.87. The first-order valence-corrected chi connectivity index (χ1v) is 5.41. The molecular weight excluding hydrogens is 198 g/mol. The number of hydrogen-bond acceptors (Lipinski definition) is 3. The van der Waals surface area contributed by atoms with Crippen LogP contribution in [0.1, 0.15) is 13.3 Å². The molecule has 1 saturated heterocycles. The van der Waals surface area contributed by atoms with Crippen molar-refractivity contribution in [2.24, 2.45) is 5.92 Å². The molecule has 0 aromatic carbocycles. The molecule has 1 fully saturated rings. The van der Waals surface area contributed by atoms with Crippen LogP contribution in [-0.4, -0.2) is 28.7 Å². The lowest BCUT2D eigenvalue weighted by atomic mass is 10.1. The van der Waals surface area contributed by atoms with Gasteiger partial charge in [-0.25, -0.2) is 0 Å². The van der Waals surface area contributed by atoms with Gasteiger partial charge in [0.1, 0.15) is 0 Å². The van der Waals surface area contributed by atoms with Gasteiger partial charge in [-0.3, -0.25) is 0 Å². The van der Waals surface area contributed by atoms with E-state index < -0.39 is 0 Å². The Morgan fingerprint density at radius 1 is 1.57 bits per heavy atom. The van der Waals surface area contributed by atoms with Crippen molar-refractivity contribution in [3.63, 3.8) is 0 Å². The molecule has 2 heterocycles. The SMILES string of the molecule is CCC1CN(c2cccnn2)CC1Cl. The van der Waals surface area contributed by atoms with Crippen LogP contribution in [0.4, 0.5) is 5.82 Å². The van der Waals surface area contributed by atoms with Gasteiger partial charge in [-0.05, 0) is 18.1 Å². The third kappa shape index (κ3) is 1.82. The lowest BCUT2D eigenvalue weighted by Gasteiger charge is -2.15. The van der Waals surface area contributed by atoms with Crippen LogP contribution in [0.5, 0.6) is 0 Å². The van der Waals surface area contributed by atoms with Crippen LogP contribution in [0.3, 0.4) is 0 Å². The fourth-order valence-corrected chi connectivity index (χ4v) is 2.29. The summed E-state index contributed by atoms with van der Waals surface area (Å²) in [6, 6.07) is 3.89. The second kappa shape index (κ2) is 4.13. The lowest BCUT2D eigenvalue weighted by Crippen LogP contribution is -2.21. The van der Waals surface area contributed by atoms with E-state index >= 15 is 0 Å². The third-order valence-electron chi connectivity index (χ3n) is 2.77. The minimum atomic E-state index is 0.252. The molecule has 1 aliphatic rings. The number of anilines is 1. The Balaban J connectivity index is 2.09. The minimum absolute atomic E-state index is 0.252. The molecule has 1 aromatic heterocycles. The van der Waals surface area contributed by atoms with E-state index in [4.69, 9.17) is 11.6 Å². The smallest absolute Gasteiger partial charge is 0.151 e. The molecule has 0 radical (unpaired) electrons. The van der Waals surface area contributed by atoms with Gasteiger partial charge in [0.05, 0.1) is 5.38 Å². The molecule has 0 amide bonds. The highest BCUT2D eigenvalue weighted by molar-refractivity contribution is 6.21.